The summed E-state index contributed by atoms with van der Waals surface area (Å²) < 4.78 is 46.4. The number of aromatic nitrogens is 1. The van der Waals surface area contributed by atoms with E-state index in [0.29, 0.717) is 56.4 Å². The Hall–Kier alpha value is -4.66. The van der Waals surface area contributed by atoms with E-state index in [1.165, 1.54) is 11.0 Å². The molecule has 14 nitrogen and oxygen atoms in total. The molecule has 3 N–H and O–H groups in total. The Morgan fingerprint density at radius 1 is 1.03 bits per heavy atom. The normalized spacial score (nSPS) is 30.2. The summed E-state index contributed by atoms with van der Waals surface area (Å²) >= 11 is 0. The first-order valence-electron chi connectivity index (χ1n) is 21.2. The second-order valence-corrected chi connectivity index (χ2v) is 20.6. The molecule has 0 bridgehead atoms. The van der Waals surface area contributed by atoms with Gasteiger partial charge < -0.3 is 29.7 Å². The van der Waals surface area contributed by atoms with Crippen LogP contribution in [0.15, 0.2) is 42.5 Å². The van der Waals surface area contributed by atoms with Gasteiger partial charge in [0.2, 0.25) is 21.8 Å². The van der Waals surface area contributed by atoms with Crippen LogP contribution >= 0.6 is 0 Å². The molecule has 1 aromatic heterocycles. The third kappa shape index (κ3) is 7.56. The Labute approximate surface area is 346 Å². The zero-order valence-corrected chi connectivity index (χ0v) is 35.5. The maximum Gasteiger partial charge on any atom is 0.408 e. The molecule has 0 unspecified atom stereocenters. The van der Waals surface area contributed by atoms with Gasteiger partial charge in [0, 0.05) is 23.3 Å². The van der Waals surface area contributed by atoms with Gasteiger partial charge in [-0.2, -0.15) is 0 Å². The molecule has 6 aliphatic rings. The number of nitrogens with zero attached hydrogens (tertiary/aromatic N) is 2. The summed E-state index contributed by atoms with van der Waals surface area (Å²) in [5.74, 6) is -1.26. The van der Waals surface area contributed by atoms with E-state index >= 15 is 0 Å². The summed E-state index contributed by atoms with van der Waals surface area (Å²) in [4.78, 5) is 64.0. The van der Waals surface area contributed by atoms with Crippen molar-refractivity contribution in [1.82, 2.24) is 25.2 Å². The van der Waals surface area contributed by atoms with Gasteiger partial charge in [0.05, 0.1) is 29.6 Å². The molecule has 1 spiro atoms. The van der Waals surface area contributed by atoms with E-state index in [-0.39, 0.29) is 18.9 Å². The molecule has 0 radical (unpaired) electrons. The molecule has 59 heavy (non-hydrogen) atoms. The molecule has 2 saturated carbocycles. The summed E-state index contributed by atoms with van der Waals surface area (Å²) in [6, 6.07) is 3.64. The first-order valence-corrected chi connectivity index (χ1v) is 22.7. The van der Waals surface area contributed by atoms with E-state index in [9.17, 15) is 27.6 Å². The van der Waals surface area contributed by atoms with Crippen LogP contribution in [0.25, 0.3) is 10.9 Å². The van der Waals surface area contributed by atoms with Crippen molar-refractivity contribution in [2.75, 3.05) is 13.7 Å². The van der Waals surface area contributed by atoms with Crippen molar-refractivity contribution >= 4 is 44.7 Å². The molecule has 3 aliphatic carbocycles. The molecule has 3 fully saturated rings. The molecule has 318 valence electrons. The lowest BCUT2D eigenvalue weighted by Crippen LogP contribution is -2.67. The number of hydrogen-bond acceptors (Lipinski definition) is 10. The number of allylic oxidation sites excluding steroid dienone is 1. The molecule has 2 aromatic rings. The van der Waals surface area contributed by atoms with Crippen molar-refractivity contribution in [1.29, 1.82) is 0 Å². The molecule has 8 rings (SSSR count). The second-order valence-electron chi connectivity index (χ2n) is 18.4. The minimum atomic E-state index is -4.04. The molecular weight excluding hydrogens is 775 g/mol. The number of benzene rings is 1. The fourth-order valence-electron chi connectivity index (χ4n) is 9.23. The average Bonchev–Trinajstić information content (AvgIpc) is 3.85. The monoisotopic (exact) mass is 831 g/mol. The summed E-state index contributed by atoms with van der Waals surface area (Å²) in [6.07, 6.45) is 14.0. The zero-order valence-electron chi connectivity index (χ0n) is 34.7. The van der Waals surface area contributed by atoms with Crippen LogP contribution in [-0.4, -0.2) is 89.3 Å². The van der Waals surface area contributed by atoms with Crippen LogP contribution in [0.1, 0.15) is 122 Å². The lowest BCUT2D eigenvalue weighted by Gasteiger charge is -2.42. The molecule has 5 atom stereocenters. The number of methoxy groups -OCH3 is 1. The maximum absolute atomic E-state index is 15.0. The predicted molar refractivity (Wildman–Crippen MR) is 220 cm³/mol. The second kappa shape index (κ2) is 15.1. The van der Waals surface area contributed by atoms with Crippen LogP contribution in [0.4, 0.5) is 4.79 Å². The highest BCUT2D eigenvalue weighted by Crippen LogP contribution is 2.47. The van der Waals surface area contributed by atoms with Crippen LogP contribution < -0.4 is 24.8 Å². The summed E-state index contributed by atoms with van der Waals surface area (Å²) in [6.45, 7) is 7.60. The number of pyridine rings is 1. The van der Waals surface area contributed by atoms with Crippen molar-refractivity contribution in [2.24, 2.45) is 5.92 Å². The Morgan fingerprint density at radius 3 is 2.47 bits per heavy atom. The third-order valence-corrected chi connectivity index (χ3v) is 15.8. The number of sulfonamides is 1. The van der Waals surface area contributed by atoms with E-state index in [0.717, 1.165) is 54.3 Å². The fourth-order valence-corrected chi connectivity index (χ4v) is 10.5. The lowest BCUT2D eigenvalue weighted by molar-refractivity contribution is -0.142. The van der Waals surface area contributed by atoms with E-state index in [2.05, 4.69) is 15.4 Å². The highest BCUT2D eigenvalue weighted by molar-refractivity contribution is 7.91. The summed E-state index contributed by atoms with van der Waals surface area (Å²) in [7, 11) is -2.43. The first-order chi connectivity index (χ1) is 28.0. The van der Waals surface area contributed by atoms with Gasteiger partial charge in [-0.3, -0.25) is 19.1 Å². The highest BCUT2D eigenvalue weighted by atomic mass is 32.2. The van der Waals surface area contributed by atoms with E-state index in [4.69, 9.17) is 19.2 Å². The topological polar surface area (TPSA) is 182 Å². The number of amides is 4. The van der Waals surface area contributed by atoms with E-state index in [1.54, 1.807) is 20.1 Å². The van der Waals surface area contributed by atoms with E-state index < -0.39 is 73.3 Å². The van der Waals surface area contributed by atoms with Crippen molar-refractivity contribution in [3.63, 3.8) is 0 Å². The van der Waals surface area contributed by atoms with Crippen molar-refractivity contribution in [3.05, 3.63) is 53.8 Å². The molecule has 15 heteroatoms. The zero-order chi connectivity index (χ0) is 42.0. The molecule has 3 aliphatic heterocycles. The van der Waals surface area contributed by atoms with Gasteiger partial charge in [0.1, 0.15) is 40.3 Å². The molecule has 4 amide bonds. The summed E-state index contributed by atoms with van der Waals surface area (Å²) in [5.41, 5.74) is -0.776. The minimum Gasteiger partial charge on any atom is -0.497 e. The standard InChI is InChI=1S/C44H57N5O9S/c1-27(2)35-36-30(31-24-29(56-5)14-15-32(31)45-35)17-20-43(57-36)25-34-37(50)47-44(39(52)48-59(54,55)42(4)22-23-42)21-16-28(44)12-9-7-6-8-10-13-33(38(51)49(34)26-43)46-40(53)58-41(3)18-11-19-41/h9,12,14-16,21,24,27-28,33-34H,6-8,10-11,13,17-20,22-23,25-26H2,1-5H3,(H,46,53)(H,47,50)(H,48,52)/b12-9-/t28-,33+,34+,43-,44-/m1/s1. The highest BCUT2D eigenvalue weighted by Gasteiger charge is 2.58. The van der Waals surface area contributed by atoms with Crippen molar-refractivity contribution in [2.45, 2.75) is 151 Å². The number of carbonyl (C=O) groups excluding carboxylic acids is 4. The van der Waals surface area contributed by atoms with Gasteiger partial charge in [0.25, 0.3) is 5.91 Å². The minimum absolute atomic E-state index is 0.0118. The van der Waals surface area contributed by atoms with Crippen LogP contribution in [0.5, 0.6) is 11.5 Å². The summed E-state index contributed by atoms with van der Waals surface area (Å²) in [5, 5.41) is 6.73. The van der Waals surface area contributed by atoms with Gasteiger partial charge in [-0.1, -0.05) is 51.0 Å². The van der Waals surface area contributed by atoms with Crippen LogP contribution in [0.2, 0.25) is 0 Å². The van der Waals surface area contributed by atoms with Gasteiger partial charge in [-0.15, -0.1) is 0 Å². The molecular formula is C44H57N5O9S. The number of alkyl carbamates (subject to hydrolysis) is 1. The van der Waals surface area contributed by atoms with Gasteiger partial charge in [-0.25, -0.2) is 18.2 Å². The quantitative estimate of drug-likeness (QED) is 0.296. The largest absolute Gasteiger partial charge is 0.497 e. The molecule has 1 aromatic carbocycles. The smallest absolute Gasteiger partial charge is 0.408 e. The fraction of sp³-hybridized carbons (Fsp3) is 0.614. The van der Waals surface area contributed by atoms with Crippen molar-refractivity contribution < 1.29 is 41.8 Å². The Balaban J connectivity index is 1.16. The number of hydrogen-bond donors (Lipinski definition) is 3. The molecule has 1 saturated heterocycles. The number of fused-ring (bicyclic) bond motifs is 5. The van der Waals surface area contributed by atoms with Crippen LogP contribution in [-0.2, 0) is 35.6 Å². The average molecular weight is 832 g/mol. The van der Waals surface area contributed by atoms with Gasteiger partial charge in [0.15, 0.2) is 0 Å². The maximum atomic E-state index is 15.0. The van der Waals surface area contributed by atoms with Crippen LogP contribution in [0, 0.1) is 5.92 Å². The Kier molecular flexibility index (Phi) is 10.5. The predicted octanol–water partition coefficient (Wildman–Crippen LogP) is 5.63. The van der Waals surface area contributed by atoms with Gasteiger partial charge >= 0.3 is 6.09 Å². The SMILES string of the molecule is COc1ccc2nc(C(C)C)c3c(c2c1)CC[C@]1(C[C@H]2C(=O)N[C@]4(C(=O)NS(=O)(=O)C5(C)CC5)C=C[C@H]4/C=C\CCCCC[C@H](NC(=O)OC4(C)CCC4)C(=O)N2C1)O3. The van der Waals surface area contributed by atoms with E-state index in [1.807, 2.05) is 51.1 Å². The third-order valence-electron chi connectivity index (χ3n) is 13.6. The van der Waals surface area contributed by atoms with Crippen molar-refractivity contribution in [3.8, 4) is 11.5 Å². The van der Waals surface area contributed by atoms with Gasteiger partial charge in [-0.05, 0) is 102 Å². The number of aryl methyl sites for hydroxylation is 1. The number of nitrogens with one attached hydrogen (secondary N) is 3. The molecule has 4 heterocycles. The lowest BCUT2D eigenvalue weighted by atomic mass is 9.73. The number of carbonyl (C=O) groups is 4. The Morgan fingerprint density at radius 2 is 1.81 bits per heavy atom. The number of ether oxygens (including phenoxy) is 3. The first kappa shape index (κ1) is 41.1. The Bertz CT molecular complexity index is 2230. The van der Waals surface area contributed by atoms with Crippen LogP contribution in [0.3, 0.4) is 0 Å². The number of rotatable bonds is 7.